The summed E-state index contributed by atoms with van der Waals surface area (Å²) in [5.74, 6) is 0. The monoisotopic (exact) mass is 862 g/mol. The van der Waals surface area contributed by atoms with Crippen molar-refractivity contribution in [3.8, 4) is 0 Å². The summed E-state index contributed by atoms with van der Waals surface area (Å²) in [6, 6.07) is 0. The van der Waals surface area contributed by atoms with Gasteiger partial charge in [0.1, 0.15) is 0 Å². The van der Waals surface area contributed by atoms with Gasteiger partial charge in [-0.3, -0.25) is 0 Å². The van der Waals surface area contributed by atoms with E-state index in [-0.39, 0.29) is 0 Å². The Hall–Kier alpha value is 4.80. The summed E-state index contributed by atoms with van der Waals surface area (Å²) in [7, 11) is 260. The van der Waals surface area contributed by atoms with Gasteiger partial charge in [0, 0.05) is 0 Å². The average Bonchev–Trinajstić information content (AvgIpc) is 3.22. The predicted molar refractivity (Wildman–Crippen MR) is 445 cm³/mol. The van der Waals surface area contributed by atoms with Crippen LogP contribution in [0.5, 0.6) is 0 Å². The van der Waals surface area contributed by atoms with Gasteiger partial charge in [-0.15, -0.1) is 0 Å². The molecule has 0 saturated heterocycles. The van der Waals surface area contributed by atoms with Crippen molar-refractivity contribution in [3.63, 3.8) is 0 Å². The van der Waals surface area contributed by atoms with Gasteiger partial charge in [-0.05, 0) is 0 Å². The molecule has 0 heterocycles. The van der Waals surface area contributed by atoms with Crippen molar-refractivity contribution in [1.82, 2.24) is 0 Å². The quantitative estimate of drug-likeness (QED) is 0.0553. The minimum absolute atomic E-state index is 1.26. The molecule has 0 aliphatic heterocycles. The molecule has 0 aliphatic carbocycles. The van der Waals surface area contributed by atoms with Crippen molar-refractivity contribution in [2.24, 2.45) is 4.81 Å². The zero-order chi connectivity index (χ0) is 61.8. The van der Waals surface area contributed by atoms with Crippen LogP contribution in [-0.4, -0.2) is 545 Å². The van der Waals surface area contributed by atoms with Crippen molar-refractivity contribution in [1.29, 1.82) is 0 Å². The number of hydrogen-bond acceptors (Lipinski definition) is 1. The molecule has 0 N–H and O–H groups in total. The predicted octanol–water partition coefficient (Wildman–Crippen LogP) is -29.1. The van der Waals surface area contributed by atoms with Gasteiger partial charge in [-0.2, -0.15) is 0 Å². The van der Waals surface area contributed by atoms with E-state index in [9.17, 15) is 0 Å². The fraction of sp³-hybridized carbons (Fsp3) is 0. The van der Waals surface area contributed by atoms with E-state index in [2.05, 4.69) is 0 Å². The summed E-state index contributed by atoms with van der Waals surface area (Å²) in [5.41, 5.74) is 0. The van der Waals surface area contributed by atoms with Crippen LogP contribution in [0, 0.1) is 0 Å². The summed E-state index contributed by atoms with van der Waals surface area (Å²) >= 11 is 0. The van der Waals surface area contributed by atoms with Gasteiger partial charge in [-0.25, -0.2) is 0 Å². The molecular formula is B77N. The molecule has 236 valence electrons. The topological polar surface area (TPSA) is 12.4 Å². The van der Waals surface area contributed by atoms with Crippen LogP contribution in [0.15, 0.2) is 4.81 Å². The van der Waals surface area contributed by atoms with Crippen LogP contribution in [0.3, 0.4) is 0 Å². The number of nitrogens with zero attached hydrogens (tertiary/aromatic N) is 1. The van der Waals surface area contributed by atoms with E-state index >= 15 is 0 Å². The molecule has 1 nitrogen and oxygen atoms in total. The molecule has 0 fully saturated rings. The first-order valence-electron chi connectivity index (χ1n) is 25.5. The van der Waals surface area contributed by atoms with Crippen molar-refractivity contribution >= 4 is 545 Å². The Labute approximate surface area is 544 Å². The third-order valence-corrected chi connectivity index (χ3v) is 15.9. The van der Waals surface area contributed by atoms with Gasteiger partial charge in [0.05, 0.1) is 0 Å². The molecule has 0 aromatic heterocycles. The molecule has 0 aromatic rings. The Bertz CT molecular complexity index is 1360. The first-order chi connectivity index (χ1) is 35.5. The molecule has 0 atom stereocenters. The molecule has 0 aromatic carbocycles. The molecule has 78 heteroatoms. The van der Waals surface area contributed by atoms with E-state index in [1.807, 2.05) is 0 Å². The van der Waals surface area contributed by atoms with Gasteiger partial charge >= 0.3 is 550 Å². The van der Waals surface area contributed by atoms with Crippen molar-refractivity contribution in [2.45, 2.75) is 0 Å². The summed E-state index contributed by atoms with van der Waals surface area (Å²) in [6.07, 6.45) is -54.2. The van der Waals surface area contributed by atoms with E-state index < -0.39 is 236 Å². The Balaban J connectivity index is 11.5. The molecule has 0 bridgehead atoms. The van der Waals surface area contributed by atoms with E-state index in [0.717, 1.165) is 0 Å². The van der Waals surface area contributed by atoms with Crippen molar-refractivity contribution in [3.05, 3.63) is 0 Å². The van der Waals surface area contributed by atoms with E-state index in [0.29, 0.717) is 0 Å². The molecule has 0 aliphatic rings. The van der Waals surface area contributed by atoms with Crippen molar-refractivity contribution in [2.75, 3.05) is 0 Å². The van der Waals surface area contributed by atoms with E-state index in [1.54, 1.807) is 0 Å². The molecule has 78 heavy (non-hydrogen) atoms. The zero-order valence-electron chi connectivity index (χ0n) is 44.9. The Morgan fingerprint density at radius 1 is 0.154 bits per heavy atom. The van der Waals surface area contributed by atoms with Gasteiger partial charge < -0.3 is 0 Å². The maximum absolute atomic E-state index is 7.19. The molecule has 0 amide bonds. The van der Waals surface area contributed by atoms with Gasteiger partial charge in [0.25, 0.3) is 0 Å². The fourth-order valence-corrected chi connectivity index (χ4v) is 12.8. The summed E-state index contributed by atoms with van der Waals surface area (Å²) in [6.45, 7) is -0.563. The van der Waals surface area contributed by atoms with E-state index in [4.69, 9.17) is 307 Å². The molecule has 0 unspecified atom stereocenters. The van der Waals surface area contributed by atoms with Crippen LogP contribution in [0.25, 0.3) is 0 Å². The van der Waals surface area contributed by atoms with Crippen LogP contribution in [0.4, 0.5) is 0 Å². The van der Waals surface area contributed by atoms with Crippen LogP contribution >= 0.6 is 0 Å². The average molecular weight is 847 g/mol. The first kappa shape index (κ1) is 82.8. The van der Waals surface area contributed by atoms with Gasteiger partial charge in [0.2, 0.25) is 0 Å². The maximum atomic E-state index is 7.19. The Morgan fingerprint density at radius 2 is 0.308 bits per heavy atom. The fourth-order valence-electron chi connectivity index (χ4n) is 12.8. The van der Waals surface area contributed by atoms with Crippen molar-refractivity contribution < 1.29 is 0 Å². The van der Waals surface area contributed by atoms with Crippen LogP contribution in [-0.2, 0) is 0 Å². The third-order valence-electron chi connectivity index (χ3n) is 15.9. The zero-order valence-corrected chi connectivity index (χ0v) is 44.9. The summed E-state index contributed by atoms with van der Waals surface area (Å²) in [4.78, 5) is 5.48. The Morgan fingerprint density at radius 3 is 0.487 bits per heavy atom. The molecule has 0 spiro atoms. The van der Waals surface area contributed by atoms with Crippen LogP contribution < -0.4 is 0 Å². The van der Waals surface area contributed by atoms with Crippen LogP contribution in [0.1, 0.15) is 0 Å². The molecule has 0 saturated carbocycles. The second-order valence-corrected chi connectivity index (χ2v) is 21.6. The number of hydrogen-bond donors (Lipinski definition) is 0. The normalized spacial score (nSPS) is 9.85. The molecular weight excluding hydrogens is 847 g/mol. The summed E-state index contributed by atoms with van der Waals surface area (Å²) < 4.78 is 0. The Kier molecular flexibility index (Phi) is 40.9. The minimum atomic E-state index is -1.82. The van der Waals surface area contributed by atoms with E-state index in [1.165, 1.54) is 6.96 Å². The standard InChI is InChI=1S/B77N/c1-41(2)60(39)71(62(42(3)4)43(5)6)76(74(67(52(23)24)53(25)26)68(54(27)28)55(29)30)77(75(69(56(31)32)57(33)34)70(58(35)36)59(37)38)78-40-61(72(63(44(7)8)45(9)10)64(46(11)12)47(13)14)73(65(48(15)16)49(17)18)66(50(19)20)51(21)22. The van der Waals surface area contributed by atoms with Crippen LogP contribution in [0.2, 0.25) is 0 Å². The summed E-state index contributed by atoms with van der Waals surface area (Å²) in [5, 5.41) is 0. The molecule has 78 radical (unpaired) electrons. The van der Waals surface area contributed by atoms with Gasteiger partial charge in [0.15, 0.2) is 0 Å². The van der Waals surface area contributed by atoms with Gasteiger partial charge in [-0.1, -0.05) is 0 Å². The second kappa shape index (κ2) is 38.5. The third kappa shape index (κ3) is 22.9. The first-order valence-corrected chi connectivity index (χ1v) is 25.5. The number of rotatable bonds is 37. The second-order valence-electron chi connectivity index (χ2n) is 21.6. The SMILES string of the molecule is [B]B([B])B([B])B(B(B([B])[B])B([B])[B])B(B(N=BB(B(B(B([B])[B])B([B])[B])B(B([B])[B])B([B])[B])B(B(B([B])[B])B([B])[B])B(B([B])[B])B([B])[B])B(B(B([B])[B])B([B])[B])B(B([B])[B])B([B])[B])B(B(B([B])[B])B([B])[B])B(B([B])[B])B([B])[B]. The molecule has 0 rings (SSSR count).